The molecule has 20 heavy (non-hydrogen) atoms. The number of nitrogens with two attached hydrogens (primary N) is 1. The Morgan fingerprint density at radius 3 is 2.75 bits per heavy atom. The molecule has 0 amide bonds. The molecule has 0 aliphatic carbocycles. The second-order valence-electron chi connectivity index (χ2n) is 4.31. The number of carboxylic acid groups (broad SMARTS) is 1. The third kappa shape index (κ3) is 5.77. The van der Waals surface area contributed by atoms with E-state index in [0.29, 0.717) is 17.7 Å². The summed E-state index contributed by atoms with van der Waals surface area (Å²) in [4.78, 5) is 10.7. The summed E-state index contributed by atoms with van der Waals surface area (Å²) < 4.78 is 25.8. The highest BCUT2D eigenvalue weighted by Gasteiger charge is 2.13. The number of sulfonamides is 1. The number of alkyl halides is 1. The van der Waals surface area contributed by atoms with Crippen LogP contribution >= 0.6 is 11.6 Å². The van der Waals surface area contributed by atoms with Gasteiger partial charge in [-0.05, 0) is 30.5 Å². The van der Waals surface area contributed by atoms with Gasteiger partial charge in [0.05, 0.1) is 5.75 Å². The predicted octanol–water partition coefficient (Wildman–Crippen LogP) is 1.01. The molecule has 8 heteroatoms. The van der Waals surface area contributed by atoms with Gasteiger partial charge in [0, 0.05) is 11.6 Å². The Hall–Kier alpha value is -1.31. The molecule has 0 fully saturated rings. The summed E-state index contributed by atoms with van der Waals surface area (Å²) in [6.07, 6.45) is 0.493. The van der Waals surface area contributed by atoms with Gasteiger partial charge in [-0.1, -0.05) is 12.1 Å². The minimum absolute atomic E-state index is 0.0602. The largest absolute Gasteiger partial charge is 0.480 e. The first kappa shape index (κ1) is 16.7. The summed E-state index contributed by atoms with van der Waals surface area (Å²) in [5.41, 5.74) is 6.47. The Morgan fingerprint density at radius 1 is 1.45 bits per heavy atom. The van der Waals surface area contributed by atoms with E-state index in [1.54, 1.807) is 24.3 Å². The van der Waals surface area contributed by atoms with E-state index < -0.39 is 22.0 Å². The molecule has 112 valence electrons. The van der Waals surface area contributed by atoms with Crippen molar-refractivity contribution in [3.8, 4) is 0 Å². The zero-order valence-corrected chi connectivity index (χ0v) is 12.3. The fourth-order valence-electron chi connectivity index (χ4n) is 1.58. The first-order chi connectivity index (χ1) is 9.34. The molecule has 0 saturated heterocycles. The lowest BCUT2D eigenvalue weighted by Crippen LogP contribution is -2.32. The molecule has 1 atom stereocenters. The van der Waals surface area contributed by atoms with Gasteiger partial charge in [0.15, 0.2) is 0 Å². The Bertz CT molecular complexity index is 562. The maximum absolute atomic E-state index is 11.7. The molecule has 0 radical (unpaired) electrons. The number of anilines is 1. The summed E-state index contributed by atoms with van der Waals surface area (Å²) in [6, 6.07) is 5.48. The van der Waals surface area contributed by atoms with Crippen molar-refractivity contribution in [3.63, 3.8) is 0 Å². The highest BCUT2D eigenvalue weighted by molar-refractivity contribution is 7.92. The van der Waals surface area contributed by atoms with E-state index in [-0.39, 0.29) is 18.1 Å². The molecule has 4 N–H and O–H groups in total. The van der Waals surface area contributed by atoms with Gasteiger partial charge in [-0.3, -0.25) is 9.52 Å². The lowest BCUT2D eigenvalue weighted by Gasteiger charge is -2.10. The van der Waals surface area contributed by atoms with Crippen LogP contribution in [0.5, 0.6) is 0 Å². The number of aliphatic carboxylic acids is 1. The van der Waals surface area contributed by atoms with Gasteiger partial charge in [-0.15, -0.1) is 11.6 Å². The van der Waals surface area contributed by atoms with Crippen LogP contribution in [0.15, 0.2) is 24.3 Å². The smallest absolute Gasteiger partial charge is 0.320 e. The second kappa shape index (κ2) is 7.47. The van der Waals surface area contributed by atoms with E-state index in [1.165, 1.54) is 0 Å². The van der Waals surface area contributed by atoms with E-state index in [9.17, 15) is 13.2 Å². The molecule has 1 unspecified atom stereocenters. The summed E-state index contributed by atoms with van der Waals surface area (Å²) in [5.74, 6) is -0.887. The molecule has 1 aromatic carbocycles. The van der Waals surface area contributed by atoms with Crippen LogP contribution < -0.4 is 10.5 Å². The number of nitrogens with one attached hydrogen (secondary N) is 1. The van der Waals surface area contributed by atoms with Crippen LogP contribution in [-0.4, -0.2) is 37.2 Å². The number of carboxylic acids is 1. The Labute approximate surface area is 123 Å². The third-order valence-electron chi connectivity index (χ3n) is 2.52. The second-order valence-corrected chi connectivity index (χ2v) is 6.53. The topological polar surface area (TPSA) is 109 Å². The molecule has 0 aromatic heterocycles. The summed E-state index contributed by atoms with van der Waals surface area (Å²) in [6.45, 7) is 0. The fraction of sp³-hybridized carbons (Fsp3) is 0.417. The standard InChI is InChI=1S/C12H17ClN2O4S/c13-5-2-6-20(18,19)15-10-4-1-3-9(7-10)8-11(14)12(16)17/h1,3-4,7,11,15H,2,5-6,8,14H2,(H,16,17). The van der Waals surface area contributed by atoms with Crippen molar-refractivity contribution in [2.75, 3.05) is 16.4 Å². The predicted molar refractivity (Wildman–Crippen MR) is 78.5 cm³/mol. The molecular formula is C12H17ClN2O4S. The van der Waals surface area contributed by atoms with E-state index >= 15 is 0 Å². The van der Waals surface area contributed by atoms with Gasteiger partial charge in [-0.2, -0.15) is 0 Å². The number of rotatable bonds is 8. The number of carbonyl (C=O) groups is 1. The summed E-state index contributed by atoms with van der Waals surface area (Å²) >= 11 is 5.46. The van der Waals surface area contributed by atoms with Crippen molar-refractivity contribution in [2.45, 2.75) is 18.9 Å². The van der Waals surface area contributed by atoms with Crippen molar-refractivity contribution in [3.05, 3.63) is 29.8 Å². The molecule has 1 rings (SSSR count). The summed E-state index contributed by atoms with van der Waals surface area (Å²) in [7, 11) is -3.44. The van der Waals surface area contributed by atoms with Crippen molar-refractivity contribution in [2.24, 2.45) is 5.73 Å². The van der Waals surface area contributed by atoms with Crippen LogP contribution in [-0.2, 0) is 21.2 Å². The minimum atomic E-state index is -3.44. The average molecular weight is 321 g/mol. The van der Waals surface area contributed by atoms with Crippen molar-refractivity contribution < 1.29 is 18.3 Å². The molecule has 0 heterocycles. The lowest BCUT2D eigenvalue weighted by molar-refractivity contribution is -0.138. The first-order valence-electron chi connectivity index (χ1n) is 5.98. The normalized spacial score (nSPS) is 12.9. The zero-order valence-electron chi connectivity index (χ0n) is 10.8. The van der Waals surface area contributed by atoms with Crippen molar-refractivity contribution >= 4 is 33.3 Å². The van der Waals surface area contributed by atoms with Gasteiger partial charge in [0.25, 0.3) is 0 Å². The molecule has 0 saturated carbocycles. The maximum atomic E-state index is 11.7. The number of hydrogen-bond acceptors (Lipinski definition) is 4. The number of halogens is 1. The first-order valence-corrected chi connectivity index (χ1v) is 8.16. The van der Waals surface area contributed by atoms with Crippen LogP contribution in [0, 0.1) is 0 Å². The maximum Gasteiger partial charge on any atom is 0.320 e. The quantitative estimate of drug-likeness (QED) is 0.619. The van der Waals surface area contributed by atoms with E-state index in [1.807, 2.05) is 0 Å². The van der Waals surface area contributed by atoms with Gasteiger partial charge >= 0.3 is 5.97 Å². The van der Waals surface area contributed by atoms with Gasteiger partial charge < -0.3 is 10.8 Å². The third-order valence-corrected chi connectivity index (χ3v) is 4.16. The number of benzene rings is 1. The van der Waals surface area contributed by atoms with Crippen molar-refractivity contribution in [1.29, 1.82) is 0 Å². The molecule has 0 spiro atoms. The van der Waals surface area contributed by atoms with Crippen molar-refractivity contribution in [1.82, 2.24) is 0 Å². The highest BCUT2D eigenvalue weighted by Crippen LogP contribution is 2.14. The average Bonchev–Trinajstić information content (AvgIpc) is 2.36. The van der Waals surface area contributed by atoms with E-state index in [2.05, 4.69) is 4.72 Å². The van der Waals surface area contributed by atoms with Crippen LogP contribution in [0.3, 0.4) is 0 Å². The molecule has 0 aliphatic heterocycles. The van der Waals surface area contributed by atoms with E-state index in [4.69, 9.17) is 22.4 Å². The zero-order chi connectivity index (χ0) is 15.2. The Balaban J connectivity index is 2.75. The van der Waals surface area contributed by atoms with Gasteiger partial charge in [-0.25, -0.2) is 8.42 Å². The van der Waals surface area contributed by atoms with Crippen LogP contribution in [0.1, 0.15) is 12.0 Å². The van der Waals surface area contributed by atoms with Crippen LogP contribution in [0.25, 0.3) is 0 Å². The van der Waals surface area contributed by atoms with E-state index in [0.717, 1.165) is 0 Å². The Morgan fingerprint density at radius 2 is 2.15 bits per heavy atom. The molecule has 1 aromatic rings. The summed E-state index contributed by atoms with van der Waals surface area (Å²) in [5, 5.41) is 8.75. The molecule has 6 nitrogen and oxygen atoms in total. The minimum Gasteiger partial charge on any atom is -0.480 e. The number of hydrogen-bond donors (Lipinski definition) is 3. The SMILES string of the molecule is NC(Cc1cccc(NS(=O)(=O)CCCCl)c1)C(=O)O. The Kier molecular flexibility index (Phi) is 6.25. The molecule has 0 bridgehead atoms. The van der Waals surface area contributed by atoms with Gasteiger partial charge in [0.1, 0.15) is 6.04 Å². The fourth-order valence-corrected chi connectivity index (χ4v) is 2.98. The van der Waals surface area contributed by atoms with Gasteiger partial charge in [0.2, 0.25) is 10.0 Å². The highest BCUT2D eigenvalue weighted by atomic mass is 35.5. The van der Waals surface area contributed by atoms with Crippen LogP contribution in [0.4, 0.5) is 5.69 Å². The lowest BCUT2D eigenvalue weighted by atomic mass is 10.1. The monoisotopic (exact) mass is 320 g/mol. The molecular weight excluding hydrogens is 304 g/mol. The molecule has 0 aliphatic rings. The van der Waals surface area contributed by atoms with Crippen LogP contribution in [0.2, 0.25) is 0 Å².